The number of anilines is 1. The van der Waals surface area contributed by atoms with E-state index >= 15 is 0 Å². The van der Waals surface area contributed by atoms with Gasteiger partial charge in [0.15, 0.2) is 0 Å². The molecular formula is C14H11ClINO2. The lowest BCUT2D eigenvalue weighted by Gasteiger charge is -2.08. The van der Waals surface area contributed by atoms with Crippen molar-refractivity contribution in [3.8, 4) is 5.75 Å². The van der Waals surface area contributed by atoms with Crippen LogP contribution in [0.25, 0.3) is 0 Å². The van der Waals surface area contributed by atoms with Crippen LogP contribution in [0, 0.1) is 10.5 Å². The molecule has 19 heavy (non-hydrogen) atoms. The van der Waals surface area contributed by atoms with Crippen LogP contribution in [0.15, 0.2) is 36.4 Å². The van der Waals surface area contributed by atoms with Crippen molar-refractivity contribution in [3.05, 3.63) is 56.1 Å². The molecule has 0 aliphatic carbocycles. The molecule has 0 atom stereocenters. The lowest BCUT2D eigenvalue weighted by Crippen LogP contribution is -2.12. The minimum Gasteiger partial charge on any atom is -0.506 e. The first-order chi connectivity index (χ1) is 8.97. The van der Waals surface area contributed by atoms with Gasteiger partial charge in [-0.15, -0.1) is 0 Å². The van der Waals surface area contributed by atoms with Gasteiger partial charge < -0.3 is 10.4 Å². The van der Waals surface area contributed by atoms with Crippen LogP contribution < -0.4 is 5.32 Å². The highest BCUT2D eigenvalue weighted by atomic mass is 127. The van der Waals surface area contributed by atoms with Gasteiger partial charge in [0.1, 0.15) is 5.75 Å². The van der Waals surface area contributed by atoms with E-state index in [0.717, 1.165) is 9.13 Å². The zero-order valence-electron chi connectivity index (χ0n) is 10.1. The Kier molecular flexibility index (Phi) is 4.31. The summed E-state index contributed by atoms with van der Waals surface area (Å²) in [5.74, 6) is -0.262. The molecule has 0 fully saturated rings. The molecule has 0 heterocycles. The fourth-order valence-corrected chi connectivity index (χ4v) is 2.10. The molecule has 0 spiro atoms. The number of nitrogens with one attached hydrogen (secondary N) is 1. The summed E-state index contributed by atoms with van der Waals surface area (Å²) in [4.78, 5) is 12.0. The number of aromatic hydroxyl groups is 1. The van der Waals surface area contributed by atoms with Crippen molar-refractivity contribution in [2.24, 2.45) is 0 Å². The molecule has 0 saturated carbocycles. The van der Waals surface area contributed by atoms with Crippen molar-refractivity contribution in [3.63, 3.8) is 0 Å². The molecule has 0 saturated heterocycles. The van der Waals surface area contributed by atoms with Gasteiger partial charge in [0.25, 0.3) is 5.91 Å². The summed E-state index contributed by atoms with van der Waals surface area (Å²) in [6.45, 7) is 1.87. The van der Waals surface area contributed by atoms with Crippen LogP contribution in [0.2, 0.25) is 5.02 Å². The average Bonchev–Trinajstić information content (AvgIpc) is 2.36. The summed E-state index contributed by atoms with van der Waals surface area (Å²) in [6, 6.07) is 10.1. The molecule has 98 valence electrons. The fourth-order valence-electron chi connectivity index (χ4n) is 1.58. The van der Waals surface area contributed by atoms with Gasteiger partial charge >= 0.3 is 0 Å². The predicted molar refractivity (Wildman–Crippen MR) is 85.0 cm³/mol. The lowest BCUT2D eigenvalue weighted by molar-refractivity contribution is 0.102. The minimum absolute atomic E-state index is 0.0463. The number of rotatable bonds is 2. The van der Waals surface area contributed by atoms with Gasteiger partial charge in [0.2, 0.25) is 0 Å². The van der Waals surface area contributed by atoms with E-state index in [9.17, 15) is 9.90 Å². The van der Waals surface area contributed by atoms with Crippen LogP contribution in [0.4, 0.5) is 5.69 Å². The van der Waals surface area contributed by atoms with E-state index in [1.807, 2.05) is 13.0 Å². The third kappa shape index (κ3) is 3.39. The molecule has 0 radical (unpaired) electrons. The third-order valence-electron chi connectivity index (χ3n) is 2.58. The summed E-state index contributed by atoms with van der Waals surface area (Å²) in [5.41, 5.74) is 1.75. The Hall–Kier alpha value is -1.27. The van der Waals surface area contributed by atoms with Crippen molar-refractivity contribution in [2.45, 2.75) is 6.92 Å². The van der Waals surface area contributed by atoms with Crippen molar-refractivity contribution in [1.82, 2.24) is 0 Å². The largest absolute Gasteiger partial charge is 0.506 e. The first kappa shape index (κ1) is 14.1. The number of benzene rings is 2. The molecule has 0 aliphatic rings. The van der Waals surface area contributed by atoms with E-state index in [-0.39, 0.29) is 11.7 Å². The molecule has 2 aromatic rings. The van der Waals surface area contributed by atoms with Gasteiger partial charge in [-0.2, -0.15) is 0 Å². The number of phenolic OH excluding ortho intramolecular Hbond substituents is 1. The van der Waals surface area contributed by atoms with Crippen LogP contribution in [0.3, 0.4) is 0 Å². The maximum atomic E-state index is 12.0. The summed E-state index contributed by atoms with van der Waals surface area (Å²) in [5, 5.41) is 12.9. The average molecular weight is 388 g/mol. The number of amides is 1. The fraction of sp³-hybridized carbons (Fsp3) is 0.0714. The van der Waals surface area contributed by atoms with Crippen molar-refractivity contribution >= 4 is 45.8 Å². The van der Waals surface area contributed by atoms with Crippen LogP contribution in [0.1, 0.15) is 15.9 Å². The quantitative estimate of drug-likeness (QED) is 0.599. The van der Waals surface area contributed by atoms with Gasteiger partial charge in [0.05, 0.1) is 10.7 Å². The molecule has 0 aliphatic heterocycles. The zero-order chi connectivity index (χ0) is 14.0. The summed E-state index contributed by atoms with van der Waals surface area (Å²) in [6.07, 6.45) is 0. The molecule has 2 N–H and O–H groups in total. The van der Waals surface area contributed by atoms with E-state index in [0.29, 0.717) is 16.3 Å². The summed E-state index contributed by atoms with van der Waals surface area (Å²) >= 11 is 8.07. The van der Waals surface area contributed by atoms with Gasteiger partial charge in [-0.3, -0.25) is 4.79 Å². The monoisotopic (exact) mass is 387 g/mol. The second-order valence-electron chi connectivity index (χ2n) is 4.10. The molecule has 0 bridgehead atoms. The molecule has 1 amide bonds. The molecular weight excluding hydrogens is 377 g/mol. The molecule has 0 aromatic heterocycles. The Balaban J connectivity index is 2.23. The lowest BCUT2D eigenvalue weighted by atomic mass is 10.2. The number of carbonyl (C=O) groups excluding carboxylic acids is 1. The van der Waals surface area contributed by atoms with E-state index in [2.05, 4.69) is 27.9 Å². The van der Waals surface area contributed by atoms with Gasteiger partial charge in [0, 0.05) is 9.13 Å². The second-order valence-corrected chi connectivity index (χ2v) is 5.67. The van der Waals surface area contributed by atoms with E-state index in [1.54, 1.807) is 30.3 Å². The van der Waals surface area contributed by atoms with Crippen molar-refractivity contribution in [1.29, 1.82) is 0 Å². The van der Waals surface area contributed by atoms with Crippen molar-refractivity contribution < 1.29 is 9.90 Å². The standard InChI is InChI=1S/C14H11ClINO2/c1-8-2-5-12(13(18)6-8)17-14(19)9-3-4-11(16)10(15)7-9/h2-7,18H,1H3,(H,17,19). The summed E-state index contributed by atoms with van der Waals surface area (Å²) in [7, 11) is 0. The Morgan fingerprint density at radius 1 is 1.26 bits per heavy atom. The van der Waals surface area contributed by atoms with E-state index in [4.69, 9.17) is 11.6 Å². The number of hydrogen-bond acceptors (Lipinski definition) is 2. The smallest absolute Gasteiger partial charge is 0.255 e. The van der Waals surface area contributed by atoms with Gasteiger partial charge in [-0.25, -0.2) is 0 Å². The van der Waals surface area contributed by atoms with Crippen molar-refractivity contribution in [2.75, 3.05) is 5.32 Å². The van der Waals surface area contributed by atoms with Crippen LogP contribution in [-0.4, -0.2) is 11.0 Å². The van der Waals surface area contributed by atoms with E-state index in [1.165, 1.54) is 0 Å². The number of hydrogen-bond donors (Lipinski definition) is 2. The van der Waals surface area contributed by atoms with E-state index < -0.39 is 0 Å². The van der Waals surface area contributed by atoms with Crippen LogP contribution in [0.5, 0.6) is 5.75 Å². The highest BCUT2D eigenvalue weighted by Gasteiger charge is 2.10. The Morgan fingerprint density at radius 2 is 2.00 bits per heavy atom. The number of aryl methyl sites for hydroxylation is 1. The van der Waals surface area contributed by atoms with Crippen LogP contribution >= 0.6 is 34.2 Å². The zero-order valence-corrected chi connectivity index (χ0v) is 13.0. The maximum absolute atomic E-state index is 12.0. The van der Waals surface area contributed by atoms with Gasteiger partial charge in [-0.05, 0) is 65.4 Å². The Labute approximate surface area is 129 Å². The topological polar surface area (TPSA) is 49.3 Å². The number of carbonyl (C=O) groups is 1. The summed E-state index contributed by atoms with van der Waals surface area (Å²) < 4.78 is 0.883. The van der Waals surface area contributed by atoms with Crippen LogP contribution in [-0.2, 0) is 0 Å². The maximum Gasteiger partial charge on any atom is 0.255 e. The second kappa shape index (κ2) is 5.79. The third-order valence-corrected chi connectivity index (χ3v) is 4.16. The Morgan fingerprint density at radius 3 is 2.63 bits per heavy atom. The molecule has 5 heteroatoms. The van der Waals surface area contributed by atoms with Gasteiger partial charge in [-0.1, -0.05) is 17.7 Å². The predicted octanol–water partition coefficient (Wildman–Crippen LogP) is 4.21. The Bertz CT molecular complexity index is 643. The highest BCUT2D eigenvalue weighted by molar-refractivity contribution is 14.1. The molecule has 3 nitrogen and oxygen atoms in total. The molecule has 2 rings (SSSR count). The molecule has 0 unspecified atom stereocenters. The normalized spacial score (nSPS) is 10.3. The molecule has 2 aromatic carbocycles. The minimum atomic E-state index is -0.308. The SMILES string of the molecule is Cc1ccc(NC(=O)c2ccc(I)c(Cl)c2)c(O)c1. The first-order valence-corrected chi connectivity index (χ1v) is 6.99. The number of halogens is 2. The first-order valence-electron chi connectivity index (χ1n) is 5.53. The number of phenols is 1. The highest BCUT2D eigenvalue weighted by Crippen LogP contribution is 2.25.